The zero-order valence-electron chi connectivity index (χ0n) is 13.7. The van der Waals surface area contributed by atoms with Crippen molar-refractivity contribution < 1.29 is 4.79 Å². The highest BCUT2D eigenvalue weighted by Gasteiger charge is 2.32. The molecule has 1 amide bonds. The molecule has 1 aliphatic heterocycles. The maximum Gasteiger partial charge on any atom is 0.270 e. The van der Waals surface area contributed by atoms with E-state index in [0.717, 1.165) is 48.6 Å². The molecule has 1 N–H and O–H groups in total. The Kier molecular flexibility index (Phi) is 3.47. The van der Waals surface area contributed by atoms with Crippen molar-refractivity contribution in [1.82, 2.24) is 24.9 Å². The van der Waals surface area contributed by atoms with Crippen LogP contribution in [0.3, 0.4) is 0 Å². The Labute approximate surface area is 135 Å². The smallest absolute Gasteiger partial charge is 0.270 e. The number of rotatable bonds is 4. The lowest BCUT2D eigenvalue weighted by molar-refractivity contribution is 0.0715. The van der Waals surface area contributed by atoms with Crippen molar-refractivity contribution in [2.75, 3.05) is 6.54 Å². The molecule has 122 valence electrons. The molecule has 0 radical (unpaired) electrons. The molecular formula is C17H23N5O. The fourth-order valence-electron chi connectivity index (χ4n) is 3.57. The lowest BCUT2D eigenvalue weighted by Gasteiger charge is -2.24. The van der Waals surface area contributed by atoms with Gasteiger partial charge in [0.15, 0.2) is 0 Å². The van der Waals surface area contributed by atoms with Gasteiger partial charge in [-0.25, -0.2) is 0 Å². The van der Waals surface area contributed by atoms with E-state index in [2.05, 4.69) is 21.5 Å². The van der Waals surface area contributed by atoms with Crippen molar-refractivity contribution in [3.05, 3.63) is 34.9 Å². The van der Waals surface area contributed by atoms with Crippen LogP contribution in [0.1, 0.15) is 59.0 Å². The molecule has 6 nitrogen and oxygen atoms in total. The third-order valence-electron chi connectivity index (χ3n) is 4.95. The number of amides is 1. The van der Waals surface area contributed by atoms with E-state index in [1.54, 1.807) is 0 Å². The summed E-state index contributed by atoms with van der Waals surface area (Å²) in [5, 5.41) is 8.52. The van der Waals surface area contributed by atoms with Crippen molar-refractivity contribution in [2.24, 2.45) is 0 Å². The number of nitrogens with zero attached hydrogens (tertiary/aromatic N) is 4. The maximum atomic E-state index is 12.9. The van der Waals surface area contributed by atoms with Gasteiger partial charge in [-0.2, -0.15) is 0 Å². The lowest BCUT2D eigenvalue weighted by atomic mass is 10.2. The standard InChI is InChI=1S/C17H23N5O/c1-11-8-12(2)18-16(11)17(23)22-7-3-4-14(22)9-21-10-15(19-20-21)13-5-6-13/h8,10,13-14,18H,3-7,9H2,1-2H3/t14-/m0/s1. The number of nitrogens with one attached hydrogen (secondary N) is 1. The van der Waals surface area contributed by atoms with Gasteiger partial charge in [0.2, 0.25) is 0 Å². The van der Waals surface area contributed by atoms with E-state index in [4.69, 9.17) is 0 Å². The zero-order chi connectivity index (χ0) is 16.0. The van der Waals surface area contributed by atoms with E-state index < -0.39 is 0 Å². The summed E-state index contributed by atoms with van der Waals surface area (Å²) >= 11 is 0. The van der Waals surface area contributed by atoms with Crippen molar-refractivity contribution in [3.63, 3.8) is 0 Å². The molecule has 0 spiro atoms. The Morgan fingerprint density at radius 3 is 2.87 bits per heavy atom. The minimum absolute atomic E-state index is 0.112. The molecule has 1 saturated carbocycles. The average Bonchev–Trinajstić information content (AvgIpc) is 2.93. The van der Waals surface area contributed by atoms with Crippen LogP contribution in [0.15, 0.2) is 12.3 Å². The Morgan fingerprint density at radius 2 is 2.17 bits per heavy atom. The van der Waals surface area contributed by atoms with Gasteiger partial charge in [0.25, 0.3) is 5.91 Å². The second kappa shape index (κ2) is 5.51. The SMILES string of the molecule is Cc1cc(C)c(C(=O)N2CCC[C@H]2Cn2cc(C3CC3)nn2)[nH]1. The number of hydrogen-bond donors (Lipinski definition) is 1. The summed E-state index contributed by atoms with van der Waals surface area (Å²) in [4.78, 5) is 18.1. The predicted octanol–water partition coefficient (Wildman–Crippen LogP) is 2.41. The highest BCUT2D eigenvalue weighted by molar-refractivity contribution is 5.94. The second-order valence-electron chi connectivity index (χ2n) is 6.94. The molecule has 2 fully saturated rings. The molecule has 4 rings (SSSR count). The molecular weight excluding hydrogens is 290 g/mol. The van der Waals surface area contributed by atoms with Gasteiger partial charge in [0.1, 0.15) is 5.69 Å². The Morgan fingerprint density at radius 1 is 1.35 bits per heavy atom. The maximum absolute atomic E-state index is 12.9. The van der Waals surface area contributed by atoms with Gasteiger partial charge in [-0.15, -0.1) is 5.10 Å². The first-order valence-corrected chi connectivity index (χ1v) is 8.49. The molecule has 0 aromatic carbocycles. The van der Waals surface area contributed by atoms with Crippen LogP contribution in [0.4, 0.5) is 0 Å². The number of carbonyl (C=O) groups excluding carboxylic acids is 1. The average molecular weight is 313 g/mol. The van der Waals surface area contributed by atoms with Crippen LogP contribution in [0.5, 0.6) is 0 Å². The predicted molar refractivity (Wildman–Crippen MR) is 86.3 cm³/mol. The molecule has 1 saturated heterocycles. The summed E-state index contributed by atoms with van der Waals surface area (Å²) in [5.74, 6) is 0.732. The molecule has 1 aliphatic carbocycles. The van der Waals surface area contributed by atoms with Gasteiger partial charge in [-0.3, -0.25) is 9.48 Å². The Bertz CT molecular complexity index is 727. The summed E-state index contributed by atoms with van der Waals surface area (Å²) in [6, 6.07) is 2.23. The minimum Gasteiger partial charge on any atom is -0.354 e. The molecule has 23 heavy (non-hydrogen) atoms. The third-order valence-corrected chi connectivity index (χ3v) is 4.95. The zero-order valence-corrected chi connectivity index (χ0v) is 13.7. The van der Waals surface area contributed by atoms with Crippen LogP contribution in [0.2, 0.25) is 0 Å². The normalized spacial score (nSPS) is 21.1. The van der Waals surface area contributed by atoms with Crippen molar-refractivity contribution in [2.45, 2.75) is 58.0 Å². The van der Waals surface area contributed by atoms with Crippen LogP contribution < -0.4 is 0 Å². The van der Waals surface area contributed by atoms with Gasteiger partial charge < -0.3 is 9.88 Å². The van der Waals surface area contributed by atoms with Gasteiger partial charge in [0, 0.05) is 24.4 Å². The summed E-state index contributed by atoms with van der Waals surface area (Å²) < 4.78 is 1.91. The second-order valence-corrected chi connectivity index (χ2v) is 6.94. The van der Waals surface area contributed by atoms with Crippen LogP contribution in [-0.2, 0) is 6.54 Å². The molecule has 0 bridgehead atoms. The van der Waals surface area contributed by atoms with Gasteiger partial charge >= 0.3 is 0 Å². The molecule has 2 aromatic rings. The number of hydrogen-bond acceptors (Lipinski definition) is 3. The van der Waals surface area contributed by atoms with Crippen molar-refractivity contribution >= 4 is 5.91 Å². The van der Waals surface area contributed by atoms with E-state index in [1.165, 1.54) is 12.8 Å². The van der Waals surface area contributed by atoms with Gasteiger partial charge in [-0.05, 0) is 51.2 Å². The molecule has 2 aliphatic rings. The molecule has 0 unspecified atom stereocenters. The van der Waals surface area contributed by atoms with E-state index in [1.807, 2.05) is 29.5 Å². The quantitative estimate of drug-likeness (QED) is 0.942. The summed E-state index contributed by atoms with van der Waals surface area (Å²) in [7, 11) is 0. The lowest BCUT2D eigenvalue weighted by Crippen LogP contribution is -2.38. The number of H-pyrrole nitrogens is 1. The first kappa shape index (κ1) is 14.5. The first-order chi connectivity index (χ1) is 11.1. The van der Waals surface area contributed by atoms with Gasteiger partial charge in [0.05, 0.1) is 18.3 Å². The molecule has 3 heterocycles. The van der Waals surface area contributed by atoms with E-state index in [-0.39, 0.29) is 11.9 Å². The number of aromatic amines is 1. The highest BCUT2D eigenvalue weighted by Crippen LogP contribution is 2.38. The Hall–Kier alpha value is -2.11. The minimum atomic E-state index is 0.112. The van der Waals surface area contributed by atoms with Crippen LogP contribution in [0, 0.1) is 13.8 Å². The van der Waals surface area contributed by atoms with Crippen molar-refractivity contribution in [1.29, 1.82) is 0 Å². The summed E-state index contributed by atoms with van der Waals surface area (Å²) in [6.45, 7) is 5.54. The topological polar surface area (TPSA) is 66.8 Å². The molecule has 2 aromatic heterocycles. The Balaban J connectivity index is 1.49. The highest BCUT2D eigenvalue weighted by atomic mass is 16.2. The number of likely N-dealkylation sites (tertiary alicyclic amines) is 1. The van der Waals surface area contributed by atoms with E-state index in [0.29, 0.717) is 5.92 Å². The fraction of sp³-hybridized carbons (Fsp3) is 0.588. The third kappa shape index (κ3) is 2.78. The number of aromatic nitrogens is 4. The van der Waals surface area contributed by atoms with Crippen molar-refractivity contribution in [3.8, 4) is 0 Å². The van der Waals surface area contributed by atoms with Crippen LogP contribution in [-0.4, -0.2) is 43.4 Å². The van der Waals surface area contributed by atoms with Crippen LogP contribution >= 0.6 is 0 Å². The van der Waals surface area contributed by atoms with Gasteiger partial charge in [-0.1, -0.05) is 5.21 Å². The summed E-state index contributed by atoms with van der Waals surface area (Å²) in [5.41, 5.74) is 3.89. The van der Waals surface area contributed by atoms with E-state index in [9.17, 15) is 4.79 Å². The van der Waals surface area contributed by atoms with Crippen LogP contribution in [0.25, 0.3) is 0 Å². The monoisotopic (exact) mass is 313 g/mol. The first-order valence-electron chi connectivity index (χ1n) is 8.49. The summed E-state index contributed by atoms with van der Waals surface area (Å²) in [6.07, 6.45) is 6.61. The van der Waals surface area contributed by atoms with E-state index >= 15 is 0 Å². The fourth-order valence-corrected chi connectivity index (χ4v) is 3.57. The number of aryl methyl sites for hydroxylation is 2. The molecule has 6 heteroatoms. The molecule has 1 atom stereocenters. The largest absolute Gasteiger partial charge is 0.354 e. The number of carbonyl (C=O) groups is 1.